The Morgan fingerprint density at radius 1 is 1.20 bits per heavy atom. The number of carbonyl (C=O) groups excluding carboxylic acids is 2. The second-order valence-corrected chi connectivity index (χ2v) is 2.94. The molecule has 0 saturated carbocycles. The lowest BCUT2D eigenvalue weighted by Crippen LogP contribution is -2.32. The van der Waals surface area contributed by atoms with E-state index in [1.165, 1.54) is 0 Å². The van der Waals surface area contributed by atoms with E-state index in [9.17, 15) is 9.59 Å². The van der Waals surface area contributed by atoms with E-state index in [2.05, 4.69) is 5.92 Å². The maximum atomic E-state index is 11.4. The topological polar surface area (TPSA) is 52.6 Å². The number of hydrogen-bond donors (Lipinski definition) is 0. The van der Waals surface area contributed by atoms with Crippen LogP contribution in [0.1, 0.15) is 20.8 Å². The van der Waals surface area contributed by atoms with E-state index in [4.69, 9.17) is 15.9 Å². The molecule has 84 valence electrons. The zero-order valence-corrected chi connectivity index (χ0v) is 9.28. The van der Waals surface area contributed by atoms with Crippen molar-refractivity contribution >= 4 is 11.9 Å². The Balaban J connectivity index is 4.66. The quantitative estimate of drug-likeness (QED) is 0.387. The molecule has 0 fully saturated rings. The Morgan fingerprint density at radius 2 is 1.60 bits per heavy atom. The van der Waals surface area contributed by atoms with Gasteiger partial charge in [-0.3, -0.25) is 9.59 Å². The zero-order chi connectivity index (χ0) is 11.8. The molecule has 0 N–H and O–H groups in total. The molecule has 0 rings (SSSR count). The maximum Gasteiger partial charge on any atom is 0.321 e. The fourth-order valence-electron chi connectivity index (χ4n) is 1.06. The molecule has 0 aliphatic heterocycles. The Bertz CT molecular complexity index is 246. The summed E-state index contributed by atoms with van der Waals surface area (Å²) in [4.78, 5) is 22.9. The maximum absolute atomic E-state index is 11.4. The number of esters is 2. The lowest BCUT2D eigenvalue weighted by Gasteiger charge is -2.16. The fraction of sp³-hybridized carbons (Fsp3) is 0.636. The molecule has 1 unspecified atom stereocenters. The summed E-state index contributed by atoms with van der Waals surface area (Å²) in [7, 11) is 0. The summed E-state index contributed by atoms with van der Waals surface area (Å²) in [5.74, 6) is -0.449. The summed E-state index contributed by atoms with van der Waals surface area (Å²) >= 11 is 0. The third-order valence-electron chi connectivity index (χ3n) is 1.84. The highest BCUT2D eigenvalue weighted by Crippen LogP contribution is 2.14. The molecule has 0 radical (unpaired) electrons. The van der Waals surface area contributed by atoms with Gasteiger partial charge in [0.05, 0.1) is 13.2 Å². The minimum Gasteiger partial charge on any atom is -0.465 e. The smallest absolute Gasteiger partial charge is 0.321 e. The molecule has 0 aromatic heterocycles. The van der Waals surface area contributed by atoms with Gasteiger partial charge in [-0.25, -0.2) is 0 Å². The molecule has 1 atom stereocenters. The van der Waals surface area contributed by atoms with E-state index in [1.807, 2.05) is 0 Å². The highest BCUT2D eigenvalue weighted by molar-refractivity contribution is 5.95. The van der Waals surface area contributed by atoms with Crippen molar-refractivity contribution in [1.82, 2.24) is 0 Å². The average molecular weight is 212 g/mol. The van der Waals surface area contributed by atoms with Gasteiger partial charge in [-0.2, -0.15) is 0 Å². The molecule has 0 aliphatic carbocycles. The zero-order valence-electron chi connectivity index (χ0n) is 9.28. The van der Waals surface area contributed by atoms with Crippen LogP contribution in [0.15, 0.2) is 0 Å². The van der Waals surface area contributed by atoms with Gasteiger partial charge in [0.1, 0.15) is 0 Å². The highest BCUT2D eigenvalue weighted by atomic mass is 16.6. The van der Waals surface area contributed by atoms with Crippen LogP contribution in [0, 0.1) is 24.2 Å². The molecule has 0 saturated heterocycles. The summed E-state index contributed by atoms with van der Waals surface area (Å²) < 4.78 is 9.52. The Kier molecular flexibility index (Phi) is 6.19. The van der Waals surface area contributed by atoms with Crippen LogP contribution in [0.3, 0.4) is 0 Å². The first-order chi connectivity index (χ1) is 7.08. The van der Waals surface area contributed by atoms with Gasteiger partial charge in [0, 0.05) is 5.92 Å². The molecule has 0 aromatic carbocycles. The molecule has 0 bridgehead atoms. The summed E-state index contributed by atoms with van der Waals surface area (Å²) in [5.41, 5.74) is 0. The van der Waals surface area contributed by atoms with Gasteiger partial charge in [-0.15, -0.1) is 12.3 Å². The monoisotopic (exact) mass is 212 g/mol. The van der Waals surface area contributed by atoms with E-state index in [-0.39, 0.29) is 13.2 Å². The molecule has 4 heteroatoms. The van der Waals surface area contributed by atoms with Crippen molar-refractivity contribution in [3.63, 3.8) is 0 Å². The van der Waals surface area contributed by atoms with Crippen LogP contribution in [0.25, 0.3) is 0 Å². The van der Waals surface area contributed by atoms with Gasteiger partial charge in [0.15, 0.2) is 5.92 Å². The number of hydrogen-bond acceptors (Lipinski definition) is 4. The van der Waals surface area contributed by atoms with Gasteiger partial charge in [-0.05, 0) is 20.8 Å². The highest BCUT2D eigenvalue weighted by Gasteiger charge is 2.33. The molecular weight excluding hydrogens is 196 g/mol. The average Bonchev–Trinajstić information content (AvgIpc) is 2.18. The normalized spacial score (nSPS) is 11.7. The van der Waals surface area contributed by atoms with Crippen LogP contribution in [0.2, 0.25) is 0 Å². The number of ether oxygens (including phenoxy) is 2. The standard InChI is InChI=1S/C11H16O4/c1-5-8(4)9(10(12)14-6-2)11(13)15-7-3/h1,8-9H,6-7H2,2-4H3. The minimum absolute atomic E-state index is 0.214. The molecule has 0 spiro atoms. The van der Waals surface area contributed by atoms with Gasteiger partial charge in [0.2, 0.25) is 0 Å². The lowest BCUT2D eigenvalue weighted by atomic mass is 9.95. The van der Waals surface area contributed by atoms with Gasteiger partial charge in [0.25, 0.3) is 0 Å². The van der Waals surface area contributed by atoms with Crippen LogP contribution < -0.4 is 0 Å². The van der Waals surface area contributed by atoms with Crippen LogP contribution in [-0.4, -0.2) is 25.2 Å². The van der Waals surface area contributed by atoms with Crippen molar-refractivity contribution < 1.29 is 19.1 Å². The largest absolute Gasteiger partial charge is 0.465 e. The third-order valence-corrected chi connectivity index (χ3v) is 1.84. The van der Waals surface area contributed by atoms with Crippen molar-refractivity contribution in [1.29, 1.82) is 0 Å². The van der Waals surface area contributed by atoms with Crippen LogP contribution in [0.5, 0.6) is 0 Å². The Labute approximate surface area is 89.9 Å². The molecule has 15 heavy (non-hydrogen) atoms. The van der Waals surface area contributed by atoms with E-state index in [0.29, 0.717) is 0 Å². The van der Waals surface area contributed by atoms with E-state index in [0.717, 1.165) is 0 Å². The Morgan fingerprint density at radius 3 is 1.87 bits per heavy atom. The fourth-order valence-corrected chi connectivity index (χ4v) is 1.06. The van der Waals surface area contributed by atoms with Crippen molar-refractivity contribution in [3.05, 3.63) is 0 Å². The first-order valence-electron chi connectivity index (χ1n) is 4.87. The first kappa shape index (κ1) is 13.5. The predicted molar refractivity (Wildman–Crippen MR) is 54.8 cm³/mol. The lowest BCUT2D eigenvalue weighted by molar-refractivity contribution is -0.163. The minimum atomic E-state index is -1.02. The summed E-state index contributed by atoms with van der Waals surface area (Å²) in [6.45, 7) is 5.37. The predicted octanol–water partition coefficient (Wildman–Crippen LogP) is 0.998. The van der Waals surface area contributed by atoms with Gasteiger partial charge >= 0.3 is 11.9 Å². The second-order valence-electron chi connectivity index (χ2n) is 2.94. The number of rotatable bonds is 5. The molecular formula is C11H16O4. The number of terminal acetylenes is 1. The summed E-state index contributed by atoms with van der Waals surface area (Å²) in [6, 6.07) is 0. The second kappa shape index (κ2) is 6.88. The Hall–Kier alpha value is -1.50. The molecule has 0 amide bonds. The van der Waals surface area contributed by atoms with E-state index < -0.39 is 23.8 Å². The first-order valence-corrected chi connectivity index (χ1v) is 4.87. The molecule has 4 nitrogen and oxygen atoms in total. The van der Waals surface area contributed by atoms with E-state index in [1.54, 1.807) is 20.8 Å². The third kappa shape index (κ3) is 4.03. The van der Waals surface area contributed by atoms with Crippen LogP contribution in [0.4, 0.5) is 0 Å². The van der Waals surface area contributed by atoms with Crippen molar-refractivity contribution in [2.45, 2.75) is 20.8 Å². The number of carbonyl (C=O) groups is 2. The van der Waals surface area contributed by atoms with E-state index >= 15 is 0 Å². The molecule has 0 heterocycles. The SMILES string of the molecule is C#CC(C)C(C(=O)OCC)C(=O)OCC. The summed E-state index contributed by atoms with van der Waals surface area (Å²) in [5, 5.41) is 0. The van der Waals surface area contributed by atoms with Gasteiger partial charge in [-0.1, -0.05) is 0 Å². The van der Waals surface area contributed by atoms with Crippen molar-refractivity contribution in [2.24, 2.45) is 11.8 Å². The summed E-state index contributed by atoms with van der Waals surface area (Å²) in [6.07, 6.45) is 5.18. The van der Waals surface area contributed by atoms with Crippen molar-refractivity contribution in [3.8, 4) is 12.3 Å². The molecule has 0 aromatic rings. The van der Waals surface area contributed by atoms with Crippen molar-refractivity contribution in [2.75, 3.05) is 13.2 Å². The van der Waals surface area contributed by atoms with Crippen LogP contribution >= 0.6 is 0 Å². The van der Waals surface area contributed by atoms with Gasteiger partial charge < -0.3 is 9.47 Å². The molecule has 0 aliphatic rings. The van der Waals surface area contributed by atoms with Crippen LogP contribution in [-0.2, 0) is 19.1 Å².